The molecule has 1 aromatic heterocycles. The van der Waals surface area contributed by atoms with Crippen LogP contribution >= 0.6 is 11.3 Å². The highest BCUT2D eigenvalue weighted by atomic mass is 32.1. The van der Waals surface area contributed by atoms with Gasteiger partial charge >= 0.3 is 11.9 Å². The van der Waals surface area contributed by atoms with Crippen molar-refractivity contribution in [1.29, 1.82) is 0 Å². The second-order valence-electron chi connectivity index (χ2n) is 6.72. The van der Waals surface area contributed by atoms with Gasteiger partial charge in [-0.3, -0.25) is 9.59 Å². The summed E-state index contributed by atoms with van der Waals surface area (Å²) in [5.41, 5.74) is 1.34. The Labute approximate surface area is 171 Å². The first kappa shape index (κ1) is 20.7. The van der Waals surface area contributed by atoms with Crippen molar-refractivity contribution >= 4 is 34.2 Å². The Morgan fingerprint density at radius 2 is 1.76 bits per heavy atom. The van der Waals surface area contributed by atoms with Crippen LogP contribution in [-0.2, 0) is 14.3 Å². The number of carbonyl (C=O) groups is 3. The molecule has 1 heterocycles. The van der Waals surface area contributed by atoms with Crippen LogP contribution < -0.4 is 5.32 Å². The molecular formula is C21H20FNO5S. The Balaban J connectivity index is 1.99. The molecule has 6 nitrogen and oxygen atoms in total. The molecule has 1 amide bonds. The number of hydrogen-bond donors (Lipinski definition) is 2. The average molecular weight is 417 g/mol. The van der Waals surface area contributed by atoms with Gasteiger partial charge in [-0.05, 0) is 37.5 Å². The summed E-state index contributed by atoms with van der Waals surface area (Å²) >= 11 is 1.19. The van der Waals surface area contributed by atoms with Crippen LogP contribution in [0, 0.1) is 24.6 Å². The van der Waals surface area contributed by atoms with Gasteiger partial charge in [0.25, 0.3) is 0 Å². The molecule has 0 radical (unpaired) electrons. The lowest BCUT2D eigenvalue weighted by atomic mass is 9.82. The Hall–Kier alpha value is -3.00. The summed E-state index contributed by atoms with van der Waals surface area (Å²) in [6, 6.07) is 5.68. The molecule has 2 N–H and O–H groups in total. The number of anilines is 1. The molecule has 29 heavy (non-hydrogen) atoms. The van der Waals surface area contributed by atoms with Crippen LogP contribution in [0.25, 0.3) is 11.1 Å². The van der Waals surface area contributed by atoms with E-state index in [2.05, 4.69) is 5.32 Å². The highest BCUT2D eigenvalue weighted by Crippen LogP contribution is 2.41. The maximum absolute atomic E-state index is 13.3. The van der Waals surface area contributed by atoms with E-state index in [0.717, 1.165) is 4.88 Å². The number of aliphatic carboxylic acids is 1. The first-order chi connectivity index (χ1) is 13.8. The molecule has 2 aromatic rings. The first-order valence-corrected chi connectivity index (χ1v) is 9.81. The molecule has 0 fully saturated rings. The van der Waals surface area contributed by atoms with Gasteiger partial charge in [-0.15, -0.1) is 11.3 Å². The standard InChI is InChI=1S/C21H20FNO5S/c1-11-16(12-7-9-13(22)10-8-12)17(21(27)28-2)19(29-11)23-18(24)14-5-3-4-6-15(14)20(25)26/h3-4,7-10,14-15H,5-6H2,1-2H3,(H,23,24)(H,25,26)/t14-,15-/m1/s1. The fourth-order valence-electron chi connectivity index (χ4n) is 3.48. The van der Waals surface area contributed by atoms with Crippen LogP contribution in [0.15, 0.2) is 36.4 Å². The number of hydrogen-bond acceptors (Lipinski definition) is 5. The maximum atomic E-state index is 13.3. The van der Waals surface area contributed by atoms with Gasteiger partial charge in [0.2, 0.25) is 5.91 Å². The molecule has 2 atom stereocenters. The van der Waals surface area contributed by atoms with Crippen LogP contribution in [0.2, 0.25) is 0 Å². The van der Waals surface area contributed by atoms with Crippen LogP contribution in [0.3, 0.4) is 0 Å². The number of carboxylic acid groups (broad SMARTS) is 1. The van der Waals surface area contributed by atoms with Gasteiger partial charge in [0.15, 0.2) is 0 Å². The third-order valence-electron chi connectivity index (χ3n) is 4.93. The van der Waals surface area contributed by atoms with E-state index >= 15 is 0 Å². The number of nitrogens with one attached hydrogen (secondary N) is 1. The van der Waals surface area contributed by atoms with Gasteiger partial charge in [-0.1, -0.05) is 24.3 Å². The van der Waals surface area contributed by atoms with Gasteiger partial charge in [0, 0.05) is 10.4 Å². The van der Waals surface area contributed by atoms with E-state index in [0.29, 0.717) is 17.5 Å². The molecule has 1 aliphatic rings. The largest absolute Gasteiger partial charge is 0.481 e. The van der Waals surface area contributed by atoms with E-state index in [1.807, 2.05) is 0 Å². The number of carboxylic acids is 1. The predicted molar refractivity (Wildman–Crippen MR) is 107 cm³/mol. The minimum absolute atomic E-state index is 0.174. The number of halogens is 1. The normalized spacial score (nSPS) is 18.3. The Morgan fingerprint density at radius 1 is 1.14 bits per heavy atom. The van der Waals surface area contributed by atoms with Crippen molar-refractivity contribution in [2.45, 2.75) is 19.8 Å². The second kappa shape index (κ2) is 8.57. The van der Waals surface area contributed by atoms with E-state index in [1.165, 1.54) is 30.6 Å². The van der Waals surface area contributed by atoms with E-state index in [4.69, 9.17) is 4.74 Å². The van der Waals surface area contributed by atoms with Crippen LogP contribution in [0.1, 0.15) is 28.1 Å². The number of aryl methyl sites for hydroxylation is 1. The number of ether oxygens (including phenoxy) is 1. The molecule has 3 rings (SSSR count). The second-order valence-corrected chi connectivity index (χ2v) is 7.94. The molecule has 0 spiro atoms. The average Bonchev–Trinajstić information content (AvgIpc) is 3.03. The SMILES string of the molecule is COC(=O)c1c(NC(=O)[C@@H]2CC=CC[C@H]2C(=O)O)sc(C)c1-c1ccc(F)cc1. The smallest absolute Gasteiger partial charge is 0.341 e. The van der Waals surface area contributed by atoms with Crippen molar-refractivity contribution in [2.24, 2.45) is 11.8 Å². The number of allylic oxidation sites excluding steroid dienone is 2. The van der Waals surface area contributed by atoms with Gasteiger partial charge in [-0.25, -0.2) is 9.18 Å². The van der Waals surface area contributed by atoms with Crippen molar-refractivity contribution < 1.29 is 28.6 Å². The summed E-state index contributed by atoms with van der Waals surface area (Å²) in [6.45, 7) is 1.79. The van der Waals surface area contributed by atoms with Gasteiger partial charge in [0.1, 0.15) is 16.4 Å². The maximum Gasteiger partial charge on any atom is 0.341 e. The lowest BCUT2D eigenvalue weighted by Gasteiger charge is -2.24. The Bertz CT molecular complexity index is 980. The molecule has 1 aliphatic carbocycles. The van der Waals surface area contributed by atoms with Crippen LogP contribution in [0.4, 0.5) is 9.39 Å². The first-order valence-electron chi connectivity index (χ1n) is 8.99. The molecule has 1 aromatic carbocycles. The quantitative estimate of drug-likeness (QED) is 0.560. The zero-order valence-corrected chi connectivity index (χ0v) is 16.7. The van der Waals surface area contributed by atoms with E-state index < -0.39 is 35.5 Å². The van der Waals surface area contributed by atoms with Crippen molar-refractivity contribution in [1.82, 2.24) is 0 Å². The molecule has 8 heteroatoms. The zero-order chi connectivity index (χ0) is 21.1. The number of carbonyl (C=O) groups excluding carboxylic acids is 2. The highest BCUT2D eigenvalue weighted by molar-refractivity contribution is 7.17. The monoisotopic (exact) mass is 417 g/mol. The number of benzene rings is 1. The summed E-state index contributed by atoms with van der Waals surface area (Å²) < 4.78 is 18.2. The third-order valence-corrected chi connectivity index (χ3v) is 5.95. The van der Waals surface area contributed by atoms with Crippen LogP contribution in [-0.4, -0.2) is 30.1 Å². The van der Waals surface area contributed by atoms with Crippen molar-refractivity contribution in [3.63, 3.8) is 0 Å². The number of rotatable bonds is 5. The third kappa shape index (κ3) is 4.22. The topological polar surface area (TPSA) is 92.7 Å². The number of amides is 1. The van der Waals surface area contributed by atoms with Crippen molar-refractivity contribution in [2.75, 3.05) is 12.4 Å². The van der Waals surface area contributed by atoms with Gasteiger partial charge in [-0.2, -0.15) is 0 Å². The van der Waals surface area contributed by atoms with Crippen molar-refractivity contribution in [3.05, 3.63) is 52.7 Å². The van der Waals surface area contributed by atoms with E-state index in [-0.39, 0.29) is 17.0 Å². The molecule has 0 aliphatic heterocycles. The molecule has 0 saturated heterocycles. The fraction of sp³-hybridized carbons (Fsp3) is 0.286. The summed E-state index contributed by atoms with van der Waals surface area (Å²) in [5, 5.41) is 12.4. The molecular weight excluding hydrogens is 397 g/mol. The van der Waals surface area contributed by atoms with Gasteiger partial charge < -0.3 is 15.2 Å². The minimum atomic E-state index is -1.03. The summed E-state index contributed by atoms with van der Waals surface area (Å²) in [7, 11) is 1.24. The number of methoxy groups -OCH3 is 1. The van der Waals surface area contributed by atoms with Crippen molar-refractivity contribution in [3.8, 4) is 11.1 Å². The zero-order valence-electron chi connectivity index (χ0n) is 15.9. The number of thiophene rings is 1. The minimum Gasteiger partial charge on any atom is -0.481 e. The summed E-state index contributed by atoms with van der Waals surface area (Å²) in [4.78, 5) is 37.6. The summed E-state index contributed by atoms with van der Waals surface area (Å²) in [6.07, 6.45) is 4.13. The summed E-state index contributed by atoms with van der Waals surface area (Å²) in [5.74, 6) is -4.09. The Kier molecular flexibility index (Phi) is 6.12. The molecule has 0 saturated carbocycles. The lowest BCUT2D eigenvalue weighted by molar-refractivity contribution is -0.146. The van der Waals surface area contributed by atoms with E-state index in [9.17, 15) is 23.9 Å². The Morgan fingerprint density at radius 3 is 2.34 bits per heavy atom. The van der Waals surface area contributed by atoms with E-state index in [1.54, 1.807) is 31.2 Å². The molecule has 152 valence electrons. The molecule has 0 bridgehead atoms. The number of esters is 1. The van der Waals surface area contributed by atoms with Crippen LogP contribution in [0.5, 0.6) is 0 Å². The van der Waals surface area contributed by atoms with Gasteiger partial charge in [0.05, 0.1) is 18.9 Å². The molecule has 0 unspecified atom stereocenters. The predicted octanol–water partition coefficient (Wildman–Crippen LogP) is 4.25. The fourth-order valence-corrected chi connectivity index (χ4v) is 4.54. The lowest BCUT2D eigenvalue weighted by Crippen LogP contribution is -2.34. The highest BCUT2D eigenvalue weighted by Gasteiger charge is 2.35.